The molecule has 0 spiro atoms. The van der Waals surface area contributed by atoms with Crippen LogP contribution in [0.3, 0.4) is 0 Å². The second kappa shape index (κ2) is 6.94. The van der Waals surface area contributed by atoms with Gasteiger partial charge in [-0.2, -0.15) is 0 Å². The molecule has 130 valence electrons. The second-order valence-electron chi connectivity index (χ2n) is 6.44. The number of fused-ring (bicyclic) bond motifs is 1. The van der Waals surface area contributed by atoms with Crippen molar-refractivity contribution in [2.45, 2.75) is 19.6 Å². The van der Waals surface area contributed by atoms with E-state index >= 15 is 0 Å². The minimum Gasteiger partial charge on any atom is -0.337 e. The van der Waals surface area contributed by atoms with Gasteiger partial charge in [0.05, 0.1) is 12.2 Å². The molecule has 0 amide bonds. The van der Waals surface area contributed by atoms with Crippen LogP contribution in [0.15, 0.2) is 78.1 Å². The van der Waals surface area contributed by atoms with Gasteiger partial charge in [-0.15, -0.1) is 0 Å². The fourth-order valence-electron chi connectivity index (χ4n) is 3.52. The van der Waals surface area contributed by atoms with Gasteiger partial charge in [0.25, 0.3) is 0 Å². The van der Waals surface area contributed by atoms with Crippen LogP contribution in [-0.4, -0.2) is 9.88 Å². The zero-order valence-corrected chi connectivity index (χ0v) is 15.3. The molecule has 1 unspecified atom stereocenters. The Labute approximate surface area is 158 Å². The van der Waals surface area contributed by atoms with Gasteiger partial charge < -0.3 is 10.6 Å². The quantitative estimate of drug-likeness (QED) is 0.656. The number of allylic oxidation sites excluding steroid dienone is 1. The van der Waals surface area contributed by atoms with Crippen molar-refractivity contribution in [2.75, 3.05) is 0 Å². The highest BCUT2D eigenvalue weighted by atomic mass is 35.5. The van der Waals surface area contributed by atoms with Gasteiger partial charge in [0.15, 0.2) is 0 Å². The summed E-state index contributed by atoms with van der Waals surface area (Å²) in [5.41, 5.74) is 13.2. The van der Waals surface area contributed by atoms with E-state index in [4.69, 9.17) is 17.3 Å². The van der Waals surface area contributed by atoms with Crippen molar-refractivity contribution in [3.05, 3.63) is 94.9 Å². The summed E-state index contributed by atoms with van der Waals surface area (Å²) in [4.78, 5) is 6.45. The van der Waals surface area contributed by atoms with E-state index < -0.39 is 0 Å². The van der Waals surface area contributed by atoms with Gasteiger partial charge in [-0.05, 0) is 41.3 Å². The van der Waals surface area contributed by atoms with Gasteiger partial charge in [-0.25, -0.2) is 0 Å². The molecular formula is C22H20ClN3. The fourth-order valence-corrected chi connectivity index (χ4v) is 3.79. The van der Waals surface area contributed by atoms with Crippen molar-refractivity contribution in [3.8, 4) is 11.1 Å². The fraction of sp³-hybridized carbons (Fsp3) is 0.136. The molecule has 2 aromatic carbocycles. The molecule has 1 aliphatic rings. The summed E-state index contributed by atoms with van der Waals surface area (Å²) in [6, 6.07) is 22.5. The molecule has 0 saturated carbocycles. The number of hydrogen-bond donors (Lipinski definition) is 1. The number of nitrogens with zero attached hydrogens (tertiary/aromatic N) is 2. The van der Waals surface area contributed by atoms with Crippen molar-refractivity contribution in [1.82, 2.24) is 9.88 Å². The van der Waals surface area contributed by atoms with Crippen LogP contribution in [0.1, 0.15) is 29.9 Å². The first-order valence-electron chi connectivity index (χ1n) is 8.64. The van der Waals surface area contributed by atoms with Crippen LogP contribution in [0.4, 0.5) is 0 Å². The molecule has 1 atom stereocenters. The number of halogens is 1. The summed E-state index contributed by atoms with van der Waals surface area (Å²) < 4.78 is 0. The van der Waals surface area contributed by atoms with Crippen LogP contribution in [0.5, 0.6) is 0 Å². The molecule has 3 aromatic rings. The van der Waals surface area contributed by atoms with Crippen LogP contribution in [0.25, 0.3) is 16.7 Å². The van der Waals surface area contributed by atoms with E-state index in [0.29, 0.717) is 11.7 Å². The number of pyridine rings is 1. The number of aromatic nitrogens is 1. The average molecular weight is 362 g/mol. The van der Waals surface area contributed by atoms with Crippen LogP contribution in [0, 0.1) is 0 Å². The number of hydrogen-bond acceptors (Lipinski definition) is 3. The van der Waals surface area contributed by atoms with Crippen molar-refractivity contribution in [3.63, 3.8) is 0 Å². The lowest BCUT2D eigenvalue weighted by Crippen LogP contribution is -2.36. The van der Waals surface area contributed by atoms with E-state index in [2.05, 4.69) is 35.3 Å². The standard InChI is InChI=1S/C22H20ClN3/c1-15-18-11-7-12-19(16-8-3-2-4-9-16)20(18)22(24)26(21(15)23)14-17-10-5-6-13-25-17/h2-13,22H,14,24H2,1H3. The van der Waals surface area contributed by atoms with Crippen molar-refractivity contribution in [1.29, 1.82) is 0 Å². The molecule has 0 bridgehead atoms. The van der Waals surface area contributed by atoms with Gasteiger partial charge in [0.2, 0.25) is 0 Å². The Morgan fingerprint density at radius 3 is 2.42 bits per heavy atom. The van der Waals surface area contributed by atoms with E-state index in [-0.39, 0.29) is 6.17 Å². The van der Waals surface area contributed by atoms with Crippen molar-refractivity contribution < 1.29 is 0 Å². The van der Waals surface area contributed by atoms with Gasteiger partial charge in [0.1, 0.15) is 11.3 Å². The third kappa shape index (κ3) is 2.90. The molecule has 0 saturated heterocycles. The third-order valence-corrected chi connectivity index (χ3v) is 5.35. The van der Waals surface area contributed by atoms with Crippen LogP contribution >= 0.6 is 11.6 Å². The molecule has 1 aliphatic heterocycles. The van der Waals surface area contributed by atoms with E-state index in [1.54, 1.807) is 6.20 Å². The highest BCUT2D eigenvalue weighted by Gasteiger charge is 2.30. The summed E-state index contributed by atoms with van der Waals surface area (Å²) in [6.07, 6.45) is 1.46. The largest absolute Gasteiger partial charge is 0.337 e. The van der Waals surface area contributed by atoms with Gasteiger partial charge in [0, 0.05) is 11.8 Å². The lowest BCUT2D eigenvalue weighted by atomic mass is 9.88. The summed E-state index contributed by atoms with van der Waals surface area (Å²) in [5, 5.41) is 0.681. The highest BCUT2D eigenvalue weighted by molar-refractivity contribution is 6.32. The van der Waals surface area contributed by atoms with Crippen molar-refractivity contribution >= 4 is 17.2 Å². The van der Waals surface area contributed by atoms with E-state index in [9.17, 15) is 0 Å². The number of benzene rings is 2. The zero-order valence-electron chi connectivity index (χ0n) is 14.6. The molecular weight excluding hydrogens is 342 g/mol. The van der Waals surface area contributed by atoms with Crippen LogP contribution in [-0.2, 0) is 6.54 Å². The first-order valence-corrected chi connectivity index (χ1v) is 9.02. The Kier molecular flexibility index (Phi) is 4.49. The summed E-state index contributed by atoms with van der Waals surface area (Å²) in [7, 11) is 0. The molecule has 1 aromatic heterocycles. The van der Waals surface area contributed by atoms with Crippen LogP contribution in [0.2, 0.25) is 0 Å². The molecule has 4 heteroatoms. The Hall–Kier alpha value is -2.62. The SMILES string of the molecule is CC1=C(Cl)N(Cc2ccccn2)C(N)c2c1cccc2-c1ccccc1. The highest BCUT2D eigenvalue weighted by Crippen LogP contribution is 2.43. The second-order valence-corrected chi connectivity index (χ2v) is 6.80. The monoisotopic (exact) mass is 361 g/mol. The Morgan fingerprint density at radius 2 is 1.69 bits per heavy atom. The third-order valence-electron chi connectivity index (χ3n) is 4.85. The predicted octanol–water partition coefficient (Wildman–Crippen LogP) is 5.15. The summed E-state index contributed by atoms with van der Waals surface area (Å²) in [6.45, 7) is 2.62. The van der Waals surface area contributed by atoms with Gasteiger partial charge >= 0.3 is 0 Å². The lowest BCUT2D eigenvalue weighted by Gasteiger charge is -2.38. The maximum absolute atomic E-state index is 6.71. The predicted molar refractivity (Wildman–Crippen MR) is 107 cm³/mol. The Morgan fingerprint density at radius 1 is 0.962 bits per heavy atom. The topological polar surface area (TPSA) is 42.2 Å². The number of rotatable bonds is 3. The van der Waals surface area contributed by atoms with Gasteiger partial charge in [-0.1, -0.05) is 66.2 Å². The number of nitrogens with two attached hydrogens (primary N) is 1. The molecule has 26 heavy (non-hydrogen) atoms. The summed E-state index contributed by atoms with van der Waals surface area (Å²) >= 11 is 6.70. The molecule has 0 fully saturated rings. The molecule has 0 radical (unpaired) electrons. The van der Waals surface area contributed by atoms with E-state index in [1.807, 2.05) is 48.2 Å². The first kappa shape index (κ1) is 16.8. The Balaban J connectivity index is 1.83. The molecule has 0 aliphatic carbocycles. The van der Waals surface area contributed by atoms with E-state index in [1.165, 1.54) is 0 Å². The minimum atomic E-state index is -0.334. The van der Waals surface area contributed by atoms with Crippen LogP contribution < -0.4 is 5.73 Å². The minimum absolute atomic E-state index is 0.334. The maximum Gasteiger partial charge on any atom is 0.110 e. The van der Waals surface area contributed by atoms with E-state index in [0.717, 1.165) is 33.5 Å². The first-order chi connectivity index (χ1) is 12.7. The van der Waals surface area contributed by atoms with Crippen molar-refractivity contribution in [2.24, 2.45) is 5.73 Å². The Bertz CT molecular complexity index is 952. The maximum atomic E-state index is 6.71. The lowest BCUT2D eigenvalue weighted by molar-refractivity contribution is 0.262. The molecule has 3 nitrogen and oxygen atoms in total. The normalized spacial score (nSPS) is 16.6. The molecule has 2 heterocycles. The molecule has 2 N–H and O–H groups in total. The summed E-state index contributed by atoms with van der Waals surface area (Å²) in [5.74, 6) is 0. The van der Waals surface area contributed by atoms with Gasteiger partial charge in [-0.3, -0.25) is 4.98 Å². The smallest absolute Gasteiger partial charge is 0.110 e. The zero-order chi connectivity index (χ0) is 18.1. The molecule has 4 rings (SSSR count). The average Bonchev–Trinajstić information content (AvgIpc) is 2.70.